The highest BCUT2D eigenvalue weighted by Crippen LogP contribution is 2.28. The van der Waals surface area contributed by atoms with Crippen LogP contribution in [0.25, 0.3) is 0 Å². The zero-order chi connectivity index (χ0) is 14.4. The van der Waals surface area contributed by atoms with E-state index in [1.54, 1.807) is 0 Å². The number of nitrogens with zero attached hydrogens (tertiary/aromatic N) is 1. The normalized spacial score (nSPS) is 14.8. The van der Waals surface area contributed by atoms with E-state index in [0.717, 1.165) is 42.3 Å². The molecule has 1 aliphatic rings. The molecule has 0 radical (unpaired) electrons. The Labute approximate surface area is 129 Å². The summed E-state index contributed by atoms with van der Waals surface area (Å²) in [7, 11) is 2.04. The SMILES string of the molecule is CN(CCOCC1CC1)CCC(=O)c1ccc(Br)cc1. The summed E-state index contributed by atoms with van der Waals surface area (Å²) >= 11 is 3.37. The van der Waals surface area contributed by atoms with Gasteiger partial charge in [0, 0.05) is 36.2 Å². The lowest BCUT2D eigenvalue weighted by Crippen LogP contribution is -2.26. The second-order valence-electron chi connectivity index (χ2n) is 5.50. The molecular formula is C16H22BrNO2. The van der Waals surface area contributed by atoms with Crippen molar-refractivity contribution in [3.05, 3.63) is 34.3 Å². The van der Waals surface area contributed by atoms with E-state index in [-0.39, 0.29) is 5.78 Å². The third-order valence-electron chi connectivity index (χ3n) is 3.55. The minimum atomic E-state index is 0.197. The Morgan fingerprint density at radius 2 is 2.00 bits per heavy atom. The van der Waals surface area contributed by atoms with Gasteiger partial charge in [-0.3, -0.25) is 4.79 Å². The maximum atomic E-state index is 12.0. The van der Waals surface area contributed by atoms with Crippen LogP contribution in [-0.2, 0) is 4.74 Å². The van der Waals surface area contributed by atoms with Crippen molar-refractivity contribution in [1.82, 2.24) is 4.90 Å². The Kier molecular flexibility index (Phi) is 6.20. The molecular weight excluding hydrogens is 318 g/mol. The van der Waals surface area contributed by atoms with E-state index >= 15 is 0 Å². The Morgan fingerprint density at radius 3 is 2.65 bits per heavy atom. The number of likely N-dealkylation sites (N-methyl/N-ethyl adjacent to an activating group) is 1. The van der Waals surface area contributed by atoms with E-state index in [0.29, 0.717) is 6.42 Å². The number of hydrogen-bond acceptors (Lipinski definition) is 3. The Bertz CT molecular complexity index is 429. The van der Waals surface area contributed by atoms with Gasteiger partial charge in [0.05, 0.1) is 6.61 Å². The molecule has 0 saturated heterocycles. The molecule has 0 spiro atoms. The third-order valence-corrected chi connectivity index (χ3v) is 4.08. The summed E-state index contributed by atoms with van der Waals surface area (Å²) in [5, 5.41) is 0. The van der Waals surface area contributed by atoms with Gasteiger partial charge in [0.2, 0.25) is 0 Å². The number of hydrogen-bond donors (Lipinski definition) is 0. The Morgan fingerprint density at radius 1 is 1.30 bits per heavy atom. The minimum absolute atomic E-state index is 0.197. The van der Waals surface area contributed by atoms with Crippen molar-refractivity contribution in [2.45, 2.75) is 19.3 Å². The molecule has 4 heteroatoms. The Hall–Kier alpha value is -0.710. The molecule has 1 aromatic rings. The summed E-state index contributed by atoms with van der Waals surface area (Å²) in [6.07, 6.45) is 3.22. The van der Waals surface area contributed by atoms with E-state index < -0.39 is 0 Å². The van der Waals surface area contributed by atoms with Crippen LogP contribution in [0.1, 0.15) is 29.6 Å². The van der Waals surface area contributed by atoms with Gasteiger partial charge in [-0.2, -0.15) is 0 Å². The number of Topliss-reactive ketones (excluding diaryl/α,β-unsaturated/α-hetero) is 1. The van der Waals surface area contributed by atoms with Crippen LogP contribution in [0.15, 0.2) is 28.7 Å². The first-order valence-electron chi connectivity index (χ1n) is 7.20. The lowest BCUT2D eigenvalue weighted by Gasteiger charge is -2.16. The fourth-order valence-corrected chi connectivity index (χ4v) is 2.20. The maximum Gasteiger partial charge on any atom is 0.164 e. The first-order chi connectivity index (χ1) is 9.65. The third kappa shape index (κ3) is 5.73. The molecule has 1 saturated carbocycles. The molecule has 0 heterocycles. The largest absolute Gasteiger partial charge is 0.380 e. The maximum absolute atomic E-state index is 12.0. The quantitative estimate of drug-likeness (QED) is 0.510. The minimum Gasteiger partial charge on any atom is -0.380 e. The molecule has 2 rings (SSSR count). The predicted octanol–water partition coefficient (Wildman–Crippen LogP) is 3.38. The fourth-order valence-electron chi connectivity index (χ4n) is 1.94. The van der Waals surface area contributed by atoms with Gasteiger partial charge in [0.1, 0.15) is 0 Å². The lowest BCUT2D eigenvalue weighted by molar-refractivity contribution is 0.0918. The molecule has 0 bridgehead atoms. The highest BCUT2D eigenvalue weighted by atomic mass is 79.9. The van der Waals surface area contributed by atoms with Crippen molar-refractivity contribution in [3.63, 3.8) is 0 Å². The number of ether oxygens (including phenoxy) is 1. The van der Waals surface area contributed by atoms with Crippen molar-refractivity contribution in [2.75, 3.05) is 33.4 Å². The standard InChI is InChI=1S/C16H22BrNO2/c1-18(10-11-20-12-13-2-3-13)9-8-16(19)14-4-6-15(17)7-5-14/h4-7,13H,2-3,8-12H2,1H3. The van der Waals surface area contributed by atoms with E-state index in [1.165, 1.54) is 12.8 Å². The van der Waals surface area contributed by atoms with Crippen molar-refractivity contribution in [2.24, 2.45) is 5.92 Å². The van der Waals surface area contributed by atoms with E-state index in [4.69, 9.17) is 4.74 Å². The van der Waals surface area contributed by atoms with Crippen LogP contribution in [0, 0.1) is 5.92 Å². The molecule has 20 heavy (non-hydrogen) atoms. The molecule has 0 aromatic heterocycles. The second kappa shape index (κ2) is 7.91. The van der Waals surface area contributed by atoms with E-state index in [2.05, 4.69) is 20.8 Å². The average molecular weight is 340 g/mol. The molecule has 0 unspecified atom stereocenters. The molecule has 0 amide bonds. The number of benzene rings is 1. The van der Waals surface area contributed by atoms with Gasteiger partial charge < -0.3 is 9.64 Å². The van der Waals surface area contributed by atoms with Crippen molar-refractivity contribution in [3.8, 4) is 0 Å². The van der Waals surface area contributed by atoms with Crippen molar-refractivity contribution in [1.29, 1.82) is 0 Å². The fraction of sp³-hybridized carbons (Fsp3) is 0.562. The second-order valence-corrected chi connectivity index (χ2v) is 6.42. The number of carbonyl (C=O) groups excluding carboxylic acids is 1. The summed E-state index contributed by atoms with van der Waals surface area (Å²) in [6, 6.07) is 7.54. The molecule has 0 aliphatic heterocycles. The average Bonchev–Trinajstić information content (AvgIpc) is 3.26. The van der Waals surface area contributed by atoms with Crippen LogP contribution in [0.4, 0.5) is 0 Å². The highest BCUT2D eigenvalue weighted by Gasteiger charge is 2.20. The molecule has 1 aliphatic carbocycles. The molecule has 0 atom stereocenters. The van der Waals surface area contributed by atoms with Gasteiger partial charge in [-0.25, -0.2) is 0 Å². The number of carbonyl (C=O) groups is 1. The van der Waals surface area contributed by atoms with Gasteiger partial charge in [-0.05, 0) is 37.9 Å². The van der Waals surface area contributed by atoms with Crippen LogP contribution in [0.3, 0.4) is 0 Å². The molecule has 1 aromatic carbocycles. The zero-order valence-corrected chi connectivity index (χ0v) is 13.6. The summed E-state index contributed by atoms with van der Waals surface area (Å²) in [5.74, 6) is 1.02. The van der Waals surface area contributed by atoms with Crippen LogP contribution in [-0.4, -0.2) is 44.0 Å². The van der Waals surface area contributed by atoms with Crippen LogP contribution in [0.5, 0.6) is 0 Å². The van der Waals surface area contributed by atoms with Crippen LogP contribution in [0.2, 0.25) is 0 Å². The van der Waals surface area contributed by atoms with E-state index in [9.17, 15) is 4.79 Å². The number of halogens is 1. The number of rotatable bonds is 9. The molecule has 0 N–H and O–H groups in total. The summed E-state index contributed by atoms with van der Waals surface area (Å²) < 4.78 is 6.60. The summed E-state index contributed by atoms with van der Waals surface area (Å²) in [6.45, 7) is 3.34. The van der Waals surface area contributed by atoms with E-state index in [1.807, 2.05) is 31.3 Å². The van der Waals surface area contributed by atoms with Crippen molar-refractivity contribution < 1.29 is 9.53 Å². The number of ketones is 1. The summed E-state index contributed by atoms with van der Waals surface area (Å²) in [5.41, 5.74) is 0.784. The van der Waals surface area contributed by atoms with Gasteiger partial charge in [-0.1, -0.05) is 28.1 Å². The smallest absolute Gasteiger partial charge is 0.164 e. The predicted molar refractivity (Wildman–Crippen MR) is 84.1 cm³/mol. The van der Waals surface area contributed by atoms with Gasteiger partial charge in [0.15, 0.2) is 5.78 Å². The van der Waals surface area contributed by atoms with Crippen molar-refractivity contribution >= 4 is 21.7 Å². The zero-order valence-electron chi connectivity index (χ0n) is 12.0. The van der Waals surface area contributed by atoms with Gasteiger partial charge in [-0.15, -0.1) is 0 Å². The summed E-state index contributed by atoms with van der Waals surface area (Å²) in [4.78, 5) is 14.2. The first-order valence-corrected chi connectivity index (χ1v) is 7.99. The highest BCUT2D eigenvalue weighted by molar-refractivity contribution is 9.10. The Balaban J connectivity index is 1.60. The lowest BCUT2D eigenvalue weighted by atomic mass is 10.1. The van der Waals surface area contributed by atoms with Gasteiger partial charge >= 0.3 is 0 Å². The molecule has 3 nitrogen and oxygen atoms in total. The van der Waals surface area contributed by atoms with Gasteiger partial charge in [0.25, 0.3) is 0 Å². The first kappa shape index (κ1) is 15.7. The molecule has 1 fully saturated rings. The van der Waals surface area contributed by atoms with Crippen LogP contribution >= 0.6 is 15.9 Å². The van der Waals surface area contributed by atoms with Crippen LogP contribution < -0.4 is 0 Å². The monoisotopic (exact) mass is 339 g/mol. The molecule has 110 valence electrons. The topological polar surface area (TPSA) is 29.5 Å².